The summed E-state index contributed by atoms with van der Waals surface area (Å²) in [6.45, 7) is 0. The molecular weight excluding hydrogens is 275 g/mol. The molecule has 3 rings (SSSR count). The lowest BCUT2D eigenvalue weighted by molar-refractivity contribution is 0.496. The van der Waals surface area contributed by atoms with E-state index in [2.05, 4.69) is 4.98 Å². The first kappa shape index (κ1) is 13.4. The van der Waals surface area contributed by atoms with Crippen molar-refractivity contribution in [2.75, 3.05) is 0 Å². The number of hydrogen-bond donors (Lipinski definition) is 0. The Morgan fingerprint density at radius 1 is 0.667 bits per heavy atom. The molecule has 0 atom stereocenters. The molecule has 104 valence electrons. The Kier molecular flexibility index (Phi) is 3.44. The van der Waals surface area contributed by atoms with Gasteiger partial charge in [-0.15, -0.1) is 0 Å². The monoisotopic (exact) mass is 285 g/mol. The molecule has 0 amide bonds. The average Bonchev–Trinajstić information content (AvgIpc) is 2.52. The summed E-state index contributed by atoms with van der Waals surface area (Å²) >= 11 is 0. The van der Waals surface area contributed by atoms with Crippen molar-refractivity contribution in [3.05, 3.63) is 78.2 Å². The van der Waals surface area contributed by atoms with Gasteiger partial charge in [0.1, 0.15) is 5.82 Å². The molecule has 2 aromatic carbocycles. The molecule has 0 spiro atoms. The highest BCUT2D eigenvalue weighted by Crippen LogP contribution is 2.32. The van der Waals surface area contributed by atoms with Gasteiger partial charge >= 0.3 is 0 Å². The second kappa shape index (κ2) is 5.40. The molecule has 4 heteroatoms. The van der Waals surface area contributed by atoms with Crippen molar-refractivity contribution in [1.82, 2.24) is 4.98 Å². The highest BCUT2D eigenvalue weighted by atomic mass is 19.2. The molecule has 0 bridgehead atoms. The van der Waals surface area contributed by atoms with Gasteiger partial charge in [-0.3, -0.25) is 4.98 Å². The summed E-state index contributed by atoms with van der Waals surface area (Å²) in [7, 11) is 0. The highest BCUT2D eigenvalue weighted by molar-refractivity contribution is 5.80. The first-order valence-corrected chi connectivity index (χ1v) is 6.32. The number of hydrogen-bond acceptors (Lipinski definition) is 1. The fourth-order valence-electron chi connectivity index (χ4n) is 2.17. The molecule has 0 aliphatic carbocycles. The van der Waals surface area contributed by atoms with Gasteiger partial charge in [-0.2, -0.15) is 0 Å². The minimum Gasteiger partial charge on any atom is -0.255 e. The van der Waals surface area contributed by atoms with E-state index in [1.165, 1.54) is 6.20 Å². The first-order chi connectivity index (χ1) is 10.2. The lowest BCUT2D eigenvalue weighted by Crippen LogP contribution is -1.95. The quantitative estimate of drug-likeness (QED) is 0.614. The summed E-state index contributed by atoms with van der Waals surface area (Å²) in [6, 6.07) is 14.1. The smallest absolute Gasteiger partial charge is 0.161 e. The molecular formula is C17H10F3N. The second-order valence-corrected chi connectivity index (χ2v) is 4.51. The Bertz CT molecular complexity index is 785. The summed E-state index contributed by atoms with van der Waals surface area (Å²) in [6.07, 6.45) is 1.49. The van der Waals surface area contributed by atoms with Gasteiger partial charge in [0.25, 0.3) is 0 Å². The molecule has 1 nitrogen and oxygen atoms in total. The Balaban J connectivity index is 2.23. The molecule has 0 saturated heterocycles. The van der Waals surface area contributed by atoms with Gasteiger partial charge in [0.2, 0.25) is 0 Å². The number of rotatable bonds is 2. The zero-order chi connectivity index (χ0) is 14.8. The zero-order valence-corrected chi connectivity index (χ0v) is 10.9. The van der Waals surface area contributed by atoms with Gasteiger partial charge in [0.15, 0.2) is 11.6 Å². The van der Waals surface area contributed by atoms with Crippen LogP contribution in [-0.4, -0.2) is 4.98 Å². The molecule has 0 aliphatic heterocycles. The van der Waals surface area contributed by atoms with E-state index < -0.39 is 17.5 Å². The fraction of sp³-hybridized carbons (Fsp3) is 0. The minimum atomic E-state index is -1.21. The predicted molar refractivity (Wildman–Crippen MR) is 75.0 cm³/mol. The zero-order valence-electron chi connectivity index (χ0n) is 10.9. The number of benzene rings is 2. The molecule has 0 N–H and O–H groups in total. The van der Waals surface area contributed by atoms with Crippen molar-refractivity contribution in [3.8, 4) is 22.4 Å². The summed E-state index contributed by atoms with van der Waals surface area (Å²) < 4.78 is 40.4. The topological polar surface area (TPSA) is 12.9 Å². The molecule has 0 radical (unpaired) electrons. The summed E-state index contributed by atoms with van der Waals surface area (Å²) in [5, 5.41) is 0. The van der Waals surface area contributed by atoms with E-state index in [-0.39, 0.29) is 11.3 Å². The van der Waals surface area contributed by atoms with Gasteiger partial charge in [-0.05, 0) is 17.7 Å². The Morgan fingerprint density at radius 2 is 1.38 bits per heavy atom. The SMILES string of the molecule is Fc1cc(F)c(-c2ncccc2-c2ccccc2)cc1F. The average molecular weight is 285 g/mol. The van der Waals surface area contributed by atoms with Crippen LogP contribution in [-0.2, 0) is 0 Å². The molecule has 0 saturated carbocycles. The van der Waals surface area contributed by atoms with Gasteiger partial charge in [-0.25, -0.2) is 13.2 Å². The maximum atomic E-state index is 14.0. The van der Waals surface area contributed by atoms with Crippen molar-refractivity contribution in [2.24, 2.45) is 0 Å². The molecule has 21 heavy (non-hydrogen) atoms. The van der Waals surface area contributed by atoms with Crippen LogP contribution in [0.5, 0.6) is 0 Å². The number of aromatic nitrogens is 1. The Labute approximate surface area is 119 Å². The Morgan fingerprint density at radius 3 is 2.14 bits per heavy atom. The normalized spacial score (nSPS) is 10.6. The summed E-state index contributed by atoms with van der Waals surface area (Å²) in [5.74, 6) is -3.16. The second-order valence-electron chi connectivity index (χ2n) is 4.51. The van der Waals surface area contributed by atoms with Crippen LogP contribution in [0.15, 0.2) is 60.8 Å². The summed E-state index contributed by atoms with van der Waals surface area (Å²) in [5.41, 5.74) is 1.70. The maximum Gasteiger partial charge on any atom is 0.161 e. The minimum absolute atomic E-state index is 0.0617. The van der Waals surface area contributed by atoms with Crippen LogP contribution in [0.25, 0.3) is 22.4 Å². The van der Waals surface area contributed by atoms with Crippen LogP contribution in [0, 0.1) is 17.5 Å². The van der Waals surface area contributed by atoms with E-state index in [0.717, 1.165) is 11.6 Å². The third-order valence-corrected chi connectivity index (χ3v) is 3.16. The van der Waals surface area contributed by atoms with Crippen LogP contribution in [0.1, 0.15) is 0 Å². The van der Waals surface area contributed by atoms with Crippen molar-refractivity contribution < 1.29 is 13.2 Å². The molecule has 0 aliphatic rings. The predicted octanol–water partition coefficient (Wildman–Crippen LogP) is 4.83. The van der Waals surface area contributed by atoms with Gasteiger partial charge in [-0.1, -0.05) is 36.4 Å². The van der Waals surface area contributed by atoms with Crippen LogP contribution in [0.4, 0.5) is 13.2 Å². The van der Waals surface area contributed by atoms with Crippen molar-refractivity contribution in [2.45, 2.75) is 0 Å². The van der Waals surface area contributed by atoms with Crippen LogP contribution >= 0.6 is 0 Å². The third kappa shape index (κ3) is 2.52. The molecule has 0 unspecified atom stereocenters. The van der Waals surface area contributed by atoms with Gasteiger partial charge in [0, 0.05) is 23.4 Å². The van der Waals surface area contributed by atoms with E-state index in [9.17, 15) is 13.2 Å². The van der Waals surface area contributed by atoms with Gasteiger partial charge in [0.05, 0.1) is 5.69 Å². The van der Waals surface area contributed by atoms with Crippen molar-refractivity contribution in [3.63, 3.8) is 0 Å². The largest absolute Gasteiger partial charge is 0.255 e. The fourth-order valence-corrected chi connectivity index (χ4v) is 2.17. The van der Waals surface area contributed by atoms with E-state index in [4.69, 9.17) is 0 Å². The molecule has 1 heterocycles. The maximum absolute atomic E-state index is 14.0. The number of halogens is 3. The van der Waals surface area contributed by atoms with E-state index >= 15 is 0 Å². The first-order valence-electron chi connectivity index (χ1n) is 6.32. The van der Waals surface area contributed by atoms with Crippen molar-refractivity contribution in [1.29, 1.82) is 0 Å². The lowest BCUT2D eigenvalue weighted by Gasteiger charge is -2.10. The molecule has 0 fully saturated rings. The van der Waals surface area contributed by atoms with E-state index in [1.54, 1.807) is 12.1 Å². The number of nitrogens with zero attached hydrogens (tertiary/aromatic N) is 1. The lowest BCUT2D eigenvalue weighted by atomic mass is 9.99. The van der Waals surface area contributed by atoms with Crippen LogP contribution in [0.3, 0.4) is 0 Å². The standard InChI is InChI=1S/C17H10F3N/c18-14-10-16(20)15(19)9-13(14)17-12(7-4-8-21-17)11-5-2-1-3-6-11/h1-10H. The highest BCUT2D eigenvalue weighted by Gasteiger charge is 2.16. The number of pyridine rings is 1. The van der Waals surface area contributed by atoms with Crippen molar-refractivity contribution >= 4 is 0 Å². The summed E-state index contributed by atoms with van der Waals surface area (Å²) in [4.78, 5) is 4.13. The molecule has 3 aromatic rings. The van der Waals surface area contributed by atoms with Crippen LogP contribution in [0.2, 0.25) is 0 Å². The van der Waals surface area contributed by atoms with E-state index in [1.807, 2.05) is 30.3 Å². The third-order valence-electron chi connectivity index (χ3n) is 3.16. The Hall–Kier alpha value is -2.62. The van der Waals surface area contributed by atoms with Gasteiger partial charge < -0.3 is 0 Å². The van der Waals surface area contributed by atoms with E-state index in [0.29, 0.717) is 11.6 Å². The molecule has 1 aromatic heterocycles. The van der Waals surface area contributed by atoms with Crippen LogP contribution < -0.4 is 0 Å².